The predicted molar refractivity (Wildman–Crippen MR) is 103 cm³/mol. The number of rotatable bonds is 3. The van der Waals surface area contributed by atoms with Gasteiger partial charge in [0.1, 0.15) is 17.7 Å². The molecule has 2 atom stereocenters. The van der Waals surface area contributed by atoms with E-state index < -0.39 is 29.6 Å². The molecule has 6 nitrogen and oxygen atoms in total. The Morgan fingerprint density at radius 2 is 1.90 bits per heavy atom. The molecule has 1 aromatic heterocycles. The first-order chi connectivity index (χ1) is 14.3. The molecule has 1 unspecified atom stereocenters. The molecule has 162 valence electrons. The smallest absolute Gasteiger partial charge is 0.378 e. The summed E-state index contributed by atoms with van der Waals surface area (Å²) in [5.41, 5.74) is -0.0257. The molecule has 2 aliphatic heterocycles. The van der Waals surface area contributed by atoms with Gasteiger partial charge >= 0.3 is 6.18 Å². The van der Waals surface area contributed by atoms with E-state index >= 15 is 0 Å². The van der Waals surface area contributed by atoms with E-state index in [1.54, 1.807) is 13.0 Å². The van der Waals surface area contributed by atoms with Crippen LogP contribution in [0.2, 0.25) is 0 Å². The van der Waals surface area contributed by atoms with Crippen molar-refractivity contribution in [2.24, 2.45) is 0 Å². The van der Waals surface area contributed by atoms with Crippen LogP contribution in [-0.2, 0) is 11.3 Å². The number of anilines is 2. The fourth-order valence-corrected chi connectivity index (χ4v) is 4.07. The second-order valence-electron chi connectivity index (χ2n) is 7.49. The van der Waals surface area contributed by atoms with E-state index in [1.807, 2.05) is 4.90 Å². The molecule has 0 aliphatic carbocycles. The van der Waals surface area contributed by atoms with E-state index in [0.717, 1.165) is 4.90 Å². The molecule has 3 heterocycles. The summed E-state index contributed by atoms with van der Waals surface area (Å²) in [5.74, 6) is -0.254. The second kappa shape index (κ2) is 7.90. The molecule has 0 spiro atoms. The molecule has 4 rings (SSSR count). The highest BCUT2D eigenvalue weighted by molar-refractivity contribution is 5.48. The third-order valence-electron chi connectivity index (χ3n) is 5.63. The SMILES string of the molecule is C[C@H](c1cccc(F)c1)N1c2nc(N3CCOCC3)cc(=O)n2CCC1C(F)(F)F. The number of ether oxygens (including phenoxy) is 1. The van der Waals surface area contributed by atoms with Crippen LogP contribution in [0.3, 0.4) is 0 Å². The van der Waals surface area contributed by atoms with E-state index in [-0.39, 0.29) is 18.9 Å². The topological polar surface area (TPSA) is 50.6 Å². The molecule has 0 amide bonds. The second-order valence-corrected chi connectivity index (χ2v) is 7.49. The number of morpholine rings is 1. The van der Waals surface area contributed by atoms with Crippen molar-refractivity contribution in [2.45, 2.75) is 38.1 Å². The van der Waals surface area contributed by atoms with Crippen molar-refractivity contribution >= 4 is 11.8 Å². The van der Waals surface area contributed by atoms with Crippen molar-refractivity contribution in [3.63, 3.8) is 0 Å². The van der Waals surface area contributed by atoms with Gasteiger partial charge in [-0.3, -0.25) is 9.36 Å². The van der Waals surface area contributed by atoms with Gasteiger partial charge in [0.15, 0.2) is 0 Å². The van der Waals surface area contributed by atoms with Crippen molar-refractivity contribution in [3.05, 3.63) is 52.1 Å². The molecule has 30 heavy (non-hydrogen) atoms. The first-order valence-electron chi connectivity index (χ1n) is 9.81. The van der Waals surface area contributed by atoms with Crippen molar-refractivity contribution in [3.8, 4) is 0 Å². The van der Waals surface area contributed by atoms with Gasteiger partial charge in [0.2, 0.25) is 5.95 Å². The molecule has 2 aliphatic rings. The highest BCUT2D eigenvalue weighted by Gasteiger charge is 2.48. The fourth-order valence-electron chi connectivity index (χ4n) is 4.07. The number of halogens is 4. The molecule has 10 heteroatoms. The number of benzene rings is 1. The maximum Gasteiger partial charge on any atom is 0.408 e. The Morgan fingerprint density at radius 1 is 1.17 bits per heavy atom. The Hall–Kier alpha value is -2.62. The van der Waals surface area contributed by atoms with E-state index in [9.17, 15) is 22.4 Å². The summed E-state index contributed by atoms with van der Waals surface area (Å²) in [7, 11) is 0. The van der Waals surface area contributed by atoms with E-state index in [4.69, 9.17) is 4.74 Å². The van der Waals surface area contributed by atoms with Crippen LogP contribution in [0.5, 0.6) is 0 Å². The number of hydrogen-bond donors (Lipinski definition) is 0. The molecule has 1 saturated heterocycles. The third kappa shape index (κ3) is 3.88. The summed E-state index contributed by atoms with van der Waals surface area (Å²) in [6, 6.07) is 4.16. The number of hydrogen-bond acceptors (Lipinski definition) is 5. The first-order valence-corrected chi connectivity index (χ1v) is 9.81. The van der Waals surface area contributed by atoms with E-state index in [1.165, 1.54) is 28.8 Å². The largest absolute Gasteiger partial charge is 0.408 e. The Labute approximate surface area is 170 Å². The highest BCUT2D eigenvalue weighted by Crippen LogP contribution is 2.39. The van der Waals surface area contributed by atoms with Crippen molar-refractivity contribution in [1.29, 1.82) is 0 Å². The Bertz CT molecular complexity index is 972. The zero-order valence-corrected chi connectivity index (χ0v) is 16.4. The van der Waals surface area contributed by atoms with E-state index in [0.29, 0.717) is 37.7 Å². The maximum atomic E-state index is 13.9. The minimum atomic E-state index is -4.53. The Morgan fingerprint density at radius 3 is 2.57 bits per heavy atom. The average Bonchev–Trinajstić information content (AvgIpc) is 2.72. The van der Waals surface area contributed by atoms with Gasteiger partial charge in [-0.2, -0.15) is 18.2 Å². The van der Waals surface area contributed by atoms with Crippen LogP contribution in [-0.4, -0.2) is 48.1 Å². The van der Waals surface area contributed by atoms with Crippen LogP contribution in [0.25, 0.3) is 0 Å². The van der Waals surface area contributed by atoms with Gasteiger partial charge in [0, 0.05) is 25.7 Å². The standard InChI is InChI=1S/C20H22F4N4O2/c1-13(14-3-2-4-15(21)11-14)28-16(20(22,23)24)5-6-27-18(29)12-17(25-19(27)28)26-7-9-30-10-8-26/h2-4,11-13,16H,5-10H2,1H3/t13-,16?/m1/s1. The predicted octanol–water partition coefficient (Wildman–Crippen LogP) is 3.12. The lowest BCUT2D eigenvalue weighted by Crippen LogP contribution is -2.53. The number of aromatic nitrogens is 2. The van der Waals surface area contributed by atoms with Crippen molar-refractivity contribution in [1.82, 2.24) is 9.55 Å². The molecule has 0 bridgehead atoms. The molecule has 1 aromatic carbocycles. The zero-order valence-electron chi connectivity index (χ0n) is 16.4. The summed E-state index contributed by atoms with van der Waals surface area (Å²) < 4.78 is 62.2. The lowest BCUT2D eigenvalue weighted by atomic mass is 10.0. The van der Waals surface area contributed by atoms with Crippen LogP contribution in [0, 0.1) is 5.82 Å². The average molecular weight is 426 g/mol. The quantitative estimate of drug-likeness (QED) is 0.706. The minimum Gasteiger partial charge on any atom is -0.378 e. The molecule has 0 radical (unpaired) electrons. The molecule has 2 aromatic rings. The minimum absolute atomic E-state index is 0.0469. The lowest BCUT2D eigenvalue weighted by Gasteiger charge is -2.43. The van der Waals surface area contributed by atoms with Gasteiger partial charge in [0.25, 0.3) is 5.56 Å². The maximum absolute atomic E-state index is 13.9. The summed E-state index contributed by atoms with van der Waals surface area (Å²) in [6.45, 7) is 3.39. The zero-order chi connectivity index (χ0) is 21.5. The Kier molecular flexibility index (Phi) is 5.44. The van der Waals surface area contributed by atoms with Crippen LogP contribution in [0.1, 0.15) is 24.9 Å². The molecule has 0 saturated carbocycles. The van der Waals surface area contributed by atoms with Gasteiger partial charge < -0.3 is 14.5 Å². The summed E-state index contributed by atoms with van der Waals surface area (Å²) in [6.07, 6.45) is -4.81. The highest BCUT2D eigenvalue weighted by atomic mass is 19.4. The number of alkyl halides is 3. The Balaban J connectivity index is 1.83. The number of nitrogens with zero attached hydrogens (tertiary/aromatic N) is 4. The summed E-state index contributed by atoms with van der Waals surface area (Å²) in [5, 5.41) is 0. The number of fused-ring (bicyclic) bond motifs is 1. The molecule has 1 fully saturated rings. The van der Waals surface area contributed by atoms with Gasteiger partial charge in [-0.15, -0.1) is 0 Å². The van der Waals surface area contributed by atoms with E-state index in [2.05, 4.69) is 4.98 Å². The summed E-state index contributed by atoms with van der Waals surface area (Å²) >= 11 is 0. The van der Waals surface area contributed by atoms with Crippen LogP contribution < -0.4 is 15.4 Å². The van der Waals surface area contributed by atoms with Crippen LogP contribution in [0.15, 0.2) is 35.1 Å². The lowest BCUT2D eigenvalue weighted by molar-refractivity contribution is -0.154. The molecular formula is C20H22F4N4O2. The van der Waals surface area contributed by atoms with Gasteiger partial charge in [-0.25, -0.2) is 4.39 Å². The van der Waals surface area contributed by atoms with Gasteiger partial charge in [0.05, 0.1) is 19.3 Å². The van der Waals surface area contributed by atoms with Crippen LogP contribution >= 0.6 is 0 Å². The normalized spacial score (nSPS) is 20.8. The van der Waals surface area contributed by atoms with Crippen molar-refractivity contribution < 1.29 is 22.3 Å². The molecular weight excluding hydrogens is 404 g/mol. The monoisotopic (exact) mass is 426 g/mol. The third-order valence-corrected chi connectivity index (χ3v) is 5.63. The van der Waals surface area contributed by atoms with Gasteiger partial charge in [-0.05, 0) is 31.0 Å². The first kappa shape index (κ1) is 20.6. The van der Waals surface area contributed by atoms with Gasteiger partial charge in [-0.1, -0.05) is 12.1 Å². The van der Waals surface area contributed by atoms with Crippen LogP contribution in [0.4, 0.5) is 29.3 Å². The fraction of sp³-hybridized carbons (Fsp3) is 0.500. The summed E-state index contributed by atoms with van der Waals surface area (Å²) in [4.78, 5) is 20.1. The van der Waals surface area contributed by atoms with Crippen molar-refractivity contribution in [2.75, 3.05) is 36.1 Å². The molecule has 0 N–H and O–H groups in total.